The molecular weight excluding hydrogens is 260 g/mol. The molecule has 0 saturated carbocycles. The number of carbonyl (C=O) groups is 1. The van der Waals surface area contributed by atoms with Gasteiger partial charge in [-0.05, 0) is 37.5 Å². The van der Waals surface area contributed by atoms with Gasteiger partial charge in [0.25, 0.3) is 5.91 Å². The van der Waals surface area contributed by atoms with Crippen LogP contribution in [-0.4, -0.2) is 11.9 Å². The minimum Gasteiger partial charge on any atom is -0.337 e. The van der Waals surface area contributed by atoms with Crippen molar-refractivity contribution in [1.82, 2.24) is 5.32 Å². The number of nitrogens with one attached hydrogen (secondary N) is 1. The summed E-state index contributed by atoms with van der Waals surface area (Å²) in [5.41, 5.74) is 1.89. The number of hydrogen-bond acceptors (Lipinski definition) is 2. The minimum atomic E-state index is -0.458. The molecule has 1 atom stereocenters. The van der Waals surface area contributed by atoms with Crippen LogP contribution in [-0.2, 0) is 6.42 Å². The van der Waals surface area contributed by atoms with Crippen molar-refractivity contribution >= 4 is 5.91 Å². The maximum Gasteiger partial charge on any atom is 0.252 e. The Kier molecular flexibility index (Phi) is 8.19. The summed E-state index contributed by atoms with van der Waals surface area (Å²) in [4.78, 5) is 11.8. The molecule has 114 valence electrons. The van der Waals surface area contributed by atoms with Crippen LogP contribution in [0.25, 0.3) is 0 Å². The summed E-state index contributed by atoms with van der Waals surface area (Å²) in [6.45, 7) is 3.90. The Bertz CT molecular complexity index is 459. The number of rotatable bonds is 9. The molecule has 0 aliphatic carbocycles. The third-order valence-corrected chi connectivity index (χ3v) is 3.58. The molecule has 3 nitrogen and oxygen atoms in total. The van der Waals surface area contributed by atoms with E-state index in [1.165, 1.54) is 44.1 Å². The third-order valence-electron chi connectivity index (χ3n) is 3.58. The Morgan fingerprint density at radius 1 is 1.14 bits per heavy atom. The molecule has 0 aliphatic heterocycles. The average molecular weight is 286 g/mol. The maximum atomic E-state index is 11.8. The average Bonchev–Trinajstić information content (AvgIpc) is 2.51. The highest BCUT2D eigenvalue weighted by Gasteiger charge is 2.08. The smallest absolute Gasteiger partial charge is 0.252 e. The van der Waals surface area contributed by atoms with E-state index in [0.29, 0.717) is 5.56 Å². The van der Waals surface area contributed by atoms with Gasteiger partial charge in [0, 0.05) is 5.56 Å². The first kappa shape index (κ1) is 17.2. The highest BCUT2D eigenvalue weighted by molar-refractivity contribution is 5.94. The molecule has 0 aliphatic rings. The first-order valence-electron chi connectivity index (χ1n) is 7.96. The van der Waals surface area contributed by atoms with E-state index in [2.05, 4.69) is 12.2 Å². The Morgan fingerprint density at radius 2 is 1.76 bits per heavy atom. The minimum absolute atomic E-state index is 0.185. The van der Waals surface area contributed by atoms with Crippen molar-refractivity contribution < 1.29 is 4.79 Å². The summed E-state index contributed by atoms with van der Waals surface area (Å²) in [5.74, 6) is -0.185. The van der Waals surface area contributed by atoms with Crippen molar-refractivity contribution in [2.45, 2.75) is 64.8 Å². The fourth-order valence-corrected chi connectivity index (χ4v) is 2.24. The number of aryl methyl sites for hydroxylation is 1. The van der Waals surface area contributed by atoms with Crippen molar-refractivity contribution in [3.05, 3.63) is 35.4 Å². The van der Waals surface area contributed by atoms with E-state index in [1.54, 1.807) is 6.92 Å². The second kappa shape index (κ2) is 9.99. The van der Waals surface area contributed by atoms with Crippen LogP contribution >= 0.6 is 0 Å². The van der Waals surface area contributed by atoms with E-state index in [4.69, 9.17) is 5.26 Å². The van der Waals surface area contributed by atoms with Crippen LogP contribution < -0.4 is 5.32 Å². The van der Waals surface area contributed by atoms with E-state index in [1.807, 2.05) is 30.3 Å². The van der Waals surface area contributed by atoms with Gasteiger partial charge in [-0.1, -0.05) is 51.2 Å². The molecule has 0 radical (unpaired) electrons. The van der Waals surface area contributed by atoms with Gasteiger partial charge < -0.3 is 5.32 Å². The predicted octanol–water partition coefficient (Wildman–Crippen LogP) is 4.23. The zero-order chi connectivity index (χ0) is 15.5. The number of benzene rings is 1. The van der Waals surface area contributed by atoms with Crippen molar-refractivity contribution in [2.24, 2.45) is 0 Å². The Balaban J connectivity index is 2.33. The summed E-state index contributed by atoms with van der Waals surface area (Å²) in [6.07, 6.45) is 8.84. The van der Waals surface area contributed by atoms with Gasteiger partial charge in [-0.2, -0.15) is 5.26 Å². The molecule has 1 amide bonds. The topological polar surface area (TPSA) is 52.9 Å². The second-order valence-electron chi connectivity index (χ2n) is 5.54. The lowest BCUT2D eigenvalue weighted by atomic mass is 10.0. The molecule has 3 heteroatoms. The first-order chi connectivity index (χ1) is 10.2. The van der Waals surface area contributed by atoms with Crippen LogP contribution in [0.5, 0.6) is 0 Å². The molecule has 0 spiro atoms. The zero-order valence-corrected chi connectivity index (χ0v) is 13.2. The van der Waals surface area contributed by atoms with Gasteiger partial charge in [-0.25, -0.2) is 0 Å². The molecular formula is C18H26N2O. The molecule has 0 fully saturated rings. The number of carbonyl (C=O) groups excluding carboxylic acids is 1. The number of nitrogens with zero attached hydrogens (tertiary/aromatic N) is 1. The summed E-state index contributed by atoms with van der Waals surface area (Å²) < 4.78 is 0. The molecule has 1 aromatic carbocycles. The Labute approximate surface area is 128 Å². The Hall–Kier alpha value is -1.82. The fraction of sp³-hybridized carbons (Fsp3) is 0.556. The first-order valence-corrected chi connectivity index (χ1v) is 7.96. The van der Waals surface area contributed by atoms with Gasteiger partial charge in [0.1, 0.15) is 6.04 Å². The number of nitriles is 1. The lowest BCUT2D eigenvalue weighted by Crippen LogP contribution is -2.31. The van der Waals surface area contributed by atoms with E-state index in [9.17, 15) is 4.79 Å². The lowest BCUT2D eigenvalue weighted by molar-refractivity contribution is 0.0948. The number of hydrogen-bond donors (Lipinski definition) is 1. The van der Waals surface area contributed by atoms with Crippen LogP contribution in [0.1, 0.15) is 68.3 Å². The third kappa shape index (κ3) is 6.94. The number of unbranched alkanes of at least 4 members (excludes halogenated alkanes) is 5. The summed E-state index contributed by atoms with van der Waals surface area (Å²) >= 11 is 0. The number of amides is 1. The quantitative estimate of drug-likeness (QED) is 0.691. The van der Waals surface area contributed by atoms with E-state index >= 15 is 0 Å². The maximum absolute atomic E-state index is 11.8. The van der Waals surface area contributed by atoms with Crippen LogP contribution in [0.4, 0.5) is 0 Å². The van der Waals surface area contributed by atoms with Crippen molar-refractivity contribution in [3.8, 4) is 6.07 Å². The molecule has 1 N–H and O–H groups in total. The molecule has 1 rings (SSSR count). The largest absolute Gasteiger partial charge is 0.337 e. The van der Waals surface area contributed by atoms with E-state index < -0.39 is 6.04 Å². The summed E-state index contributed by atoms with van der Waals surface area (Å²) in [7, 11) is 0. The molecule has 1 aromatic rings. The van der Waals surface area contributed by atoms with Crippen molar-refractivity contribution in [1.29, 1.82) is 5.26 Å². The van der Waals surface area contributed by atoms with E-state index in [-0.39, 0.29) is 5.91 Å². The van der Waals surface area contributed by atoms with Crippen LogP contribution in [0.3, 0.4) is 0 Å². The highest BCUT2D eigenvalue weighted by Crippen LogP contribution is 2.11. The van der Waals surface area contributed by atoms with Gasteiger partial charge in [0.15, 0.2) is 0 Å². The SMILES string of the molecule is CCCCCCCCc1ccc(C(=O)N[C@@H](C)C#N)cc1. The zero-order valence-electron chi connectivity index (χ0n) is 13.2. The molecule has 0 saturated heterocycles. The van der Waals surface area contributed by atoms with Crippen molar-refractivity contribution in [3.63, 3.8) is 0 Å². The highest BCUT2D eigenvalue weighted by atomic mass is 16.1. The second-order valence-corrected chi connectivity index (χ2v) is 5.54. The molecule has 0 unspecified atom stereocenters. The predicted molar refractivity (Wildman–Crippen MR) is 86.1 cm³/mol. The normalized spacial score (nSPS) is 11.7. The molecule has 0 heterocycles. The van der Waals surface area contributed by atoms with Gasteiger partial charge in [-0.3, -0.25) is 4.79 Å². The fourth-order valence-electron chi connectivity index (χ4n) is 2.24. The summed E-state index contributed by atoms with van der Waals surface area (Å²) in [6, 6.07) is 9.24. The van der Waals surface area contributed by atoms with Gasteiger partial charge >= 0.3 is 0 Å². The van der Waals surface area contributed by atoms with Crippen LogP contribution in [0.15, 0.2) is 24.3 Å². The van der Waals surface area contributed by atoms with Gasteiger partial charge in [0.05, 0.1) is 6.07 Å². The lowest BCUT2D eigenvalue weighted by Gasteiger charge is -2.07. The van der Waals surface area contributed by atoms with Gasteiger partial charge in [-0.15, -0.1) is 0 Å². The molecule has 0 bridgehead atoms. The van der Waals surface area contributed by atoms with Crippen molar-refractivity contribution in [2.75, 3.05) is 0 Å². The van der Waals surface area contributed by atoms with Gasteiger partial charge in [0.2, 0.25) is 0 Å². The Morgan fingerprint density at radius 3 is 2.38 bits per heavy atom. The van der Waals surface area contributed by atoms with E-state index in [0.717, 1.165) is 6.42 Å². The standard InChI is InChI=1S/C18H26N2O/c1-3-4-5-6-7-8-9-16-10-12-17(13-11-16)18(21)20-15(2)14-19/h10-13,15H,3-9H2,1-2H3,(H,20,21)/t15-/m0/s1. The molecule has 21 heavy (non-hydrogen) atoms. The summed E-state index contributed by atoms with van der Waals surface area (Å²) in [5, 5.41) is 11.3. The molecule has 0 aromatic heterocycles. The van der Waals surface area contributed by atoms with Crippen LogP contribution in [0, 0.1) is 11.3 Å². The van der Waals surface area contributed by atoms with Crippen LogP contribution in [0.2, 0.25) is 0 Å². The monoisotopic (exact) mass is 286 g/mol.